The van der Waals surface area contributed by atoms with Crippen LogP contribution >= 0.6 is 34.5 Å². The Morgan fingerprint density at radius 3 is 2.27 bits per heavy atom. The smallest absolute Gasteiger partial charge is 0.208 e. The summed E-state index contributed by atoms with van der Waals surface area (Å²) < 4.78 is 0. The summed E-state index contributed by atoms with van der Waals surface area (Å²) in [6.45, 7) is 0. The molecule has 0 saturated heterocycles. The highest BCUT2D eigenvalue weighted by molar-refractivity contribution is 7.18. The molecule has 1 aromatic heterocycles. The van der Waals surface area contributed by atoms with Gasteiger partial charge in [-0.3, -0.25) is 4.79 Å². The van der Waals surface area contributed by atoms with Crippen LogP contribution in [0.5, 0.6) is 0 Å². The van der Waals surface area contributed by atoms with E-state index in [0.29, 0.717) is 25.7 Å². The summed E-state index contributed by atoms with van der Waals surface area (Å²) in [6.07, 6.45) is 0. The molecule has 6 heteroatoms. The van der Waals surface area contributed by atoms with Gasteiger partial charge in [0.2, 0.25) is 5.78 Å². The molecule has 0 unspecified atom stereocenters. The number of carbonyl (C=O) groups is 1. The number of benzene rings is 2. The Bertz CT molecular complexity index is 826. The third-order valence-corrected chi connectivity index (χ3v) is 4.60. The van der Waals surface area contributed by atoms with Gasteiger partial charge >= 0.3 is 0 Å². The Morgan fingerprint density at radius 2 is 1.64 bits per heavy atom. The zero-order valence-electron chi connectivity index (χ0n) is 11.2. The Morgan fingerprint density at radius 1 is 1.00 bits per heavy atom. The molecule has 0 saturated carbocycles. The molecule has 22 heavy (non-hydrogen) atoms. The first kappa shape index (κ1) is 15.0. The van der Waals surface area contributed by atoms with Gasteiger partial charge < -0.3 is 5.73 Å². The van der Waals surface area contributed by atoms with Crippen LogP contribution in [0.3, 0.4) is 0 Å². The molecule has 2 aromatic carbocycles. The monoisotopic (exact) mass is 348 g/mol. The zero-order chi connectivity index (χ0) is 15.7. The highest BCUT2D eigenvalue weighted by Crippen LogP contribution is 2.35. The minimum Gasteiger partial charge on any atom is -0.375 e. The lowest BCUT2D eigenvalue weighted by molar-refractivity contribution is 0.104. The molecule has 0 atom stereocenters. The summed E-state index contributed by atoms with van der Waals surface area (Å²) in [6, 6.07) is 14.4. The van der Waals surface area contributed by atoms with Gasteiger partial charge in [-0.15, -0.1) is 0 Å². The van der Waals surface area contributed by atoms with E-state index in [9.17, 15) is 4.79 Å². The van der Waals surface area contributed by atoms with Crippen LogP contribution < -0.4 is 5.73 Å². The maximum absolute atomic E-state index is 12.8. The third kappa shape index (κ3) is 2.73. The van der Waals surface area contributed by atoms with E-state index >= 15 is 0 Å². The Hall–Kier alpha value is -1.88. The number of nitrogen functional groups attached to an aromatic ring is 1. The average molecular weight is 349 g/mol. The second-order valence-corrected chi connectivity index (χ2v) is 6.37. The number of nitrogens with zero attached hydrogens (tertiary/aromatic N) is 1. The standard InChI is InChI=1S/C16H10Cl2N2OS/c17-10-7-4-8-11(18)12(10)14(21)15-13(20-16(19)22-15)9-5-2-1-3-6-9/h1-8H,(H2,19,20). The Kier molecular flexibility index (Phi) is 4.16. The lowest BCUT2D eigenvalue weighted by Gasteiger charge is -2.06. The van der Waals surface area contributed by atoms with Crippen molar-refractivity contribution >= 4 is 45.5 Å². The fraction of sp³-hybridized carbons (Fsp3) is 0. The second-order valence-electron chi connectivity index (χ2n) is 4.52. The fourth-order valence-electron chi connectivity index (χ4n) is 2.11. The number of rotatable bonds is 3. The van der Waals surface area contributed by atoms with E-state index in [2.05, 4.69) is 4.98 Å². The molecule has 3 nitrogen and oxygen atoms in total. The predicted octanol–water partition coefficient (Wildman–Crippen LogP) is 4.93. The average Bonchev–Trinajstić information content (AvgIpc) is 2.90. The van der Waals surface area contributed by atoms with Gasteiger partial charge in [0.25, 0.3) is 0 Å². The number of hydrogen-bond donors (Lipinski definition) is 1. The predicted molar refractivity (Wildman–Crippen MR) is 91.9 cm³/mol. The van der Waals surface area contributed by atoms with E-state index in [1.165, 1.54) is 0 Å². The quantitative estimate of drug-likeness (QED) is 0.682. The van der Waals surface area contributed by atoms with Crippen LogP contribution in [0.4, 0.5) is 5.13 Å². The van der Waals surface area contributed by atoms with Crippen molar-refractivity contribution in [2.75, 3.05) is 5.73 Å². The molecule has 0 fully saturated rings. The Balaban J connectivity index is 2.15. The number of anilines is 1. The summed E-state index contributed by atoms with van der Waals surface area (Å²) in [5.41, 5.74) is 7.43. The topological polar surface area (TPSA) is 56.0 Å². The van der Waals surface area contributed by atoms with E-state index in [0.717, 1.165) is 16.9 Å². The number of ketones is 1. The molecular formula is C16H10Cl2N2OS. The van der Waals surface area contributed by atoms with E-state index < -0.39 is 0 Å². The van der Waals surface area contributed by atoms with Crippen LogP contribution in [0.15, 0.2) is 48.5 Å². The molecule has 0 aliphatic heterocycles. The number of halogens is 2. The lowest BCUT2D eigenvalue weighted by Crippen LogP contribution is -2.03. The Labute approximate surface area is 141 Å². The largest absolute Gasteiger partial charge is 0.375 e. The lowest BCUT2D eigenvalue weighted by atomic mass is 10.0. The van der Waals surface area contributed by atoms with E-state index in [1.807, 2.05) is 30.3 Å². The van der Waals surface area contributed by atoms with Crippen molar-refractivity contribution in [3.63, 3.8) is 0 Å². The summed E-state index contributed by atoms with van der Waals surface area (Å²) in [7, 11) is 0. The van der Waals surface area contributed by atoms with E-state index in [-0.39, 0.29) is 11.3 Å². The number of thiazole rings is 1. The summed E-state index contributed by atoms with van der Waals surface area (Å²) in [4.78, 5) is 17.5. The van der Waals surface area contributed by atoms with Crippen molar-refractivity contribution in [2.24, 2.45) is 0 Å². The molecule has 0 amide bonds. The highest BCUT2D eigenvalue weighted by atomic mass is 35.5. The first-order valence-electron chi connectivity index (χ1n) is 6.38. The molecule has 0 bridgehead atoms. The molecule has 0 aliphatic carbocycles. The van der Waals surface area contributed by atoms with Gasteiger partial charge in [-0.2, -0.15) is 0 Å². The van der Waals surface area contributed by atoms with Gasteiger partial charge in [0.1, 0.15) is 4.88 Å². The zero-order valence-corrected chi connectivity index (χ0v) is 13.5. The summed E-state index contributed by atoms with van der Waals surface area (Å²) in [5.74, 6) is -0.274. The SMILES string of the molecule is Nc1nc(-c2ccccc2)c(C(=O)c2c(Cl)cccc2Cl)s1. The number of aromatic nitrogens is 1. The van der Waals surface area contributed by atoms with Gasteiger partial charge in [-0.05, 0) is 12.1 Å². The van der Waals surface area contributed by atoms with Crippen LogP contribution in [-0.4, -0.2) is 10.8 Å². The molecule has 3 rings (SSSR count). The number of nitrogens with two attached hydrogens (primary N) is 1. The summed E-state index contributed by atoms with van der Waals surface area (Å²) in [5, 5.41) is 0.942. The van der Waals surface area contributed by atoms with Crippen molar-refractivity contribution < 1.29 is 4.79 Å². The van der Waals surface area contributed by atoms with E-state index in [4.69, 9.17) is 28.9 Å². The molecule has 110 valence electrons. The second kappa shape index (κ2) is 6.08. The first-order chi connectivity index (χ1) is 10.6. The van der Waals surface area contributed by atoms with Crippen molar-refractivity contribution in [3.05, 3.63) is 69.0 Å². The van der Waals surface area contributed by atoms with Gasteiger partial charge in [0, 0.05) is 5.56 Å². The van der Waals surface area contributed by atoms with Crippen LogP contribution in [0.1, 0.15) is 15.2 Å². The van der Waals surface area contributed by atoms with Gasteiger partial charge in [0.05, 0.1) is 21.3 Å². The molecule has 3 aromatic rings. The third-order valence-electron chi connectivity index (χ3n) is 3.09. The maximum Gasteiger partial charge on any atom is 0.208 e. The maximum atomic E-state index is 12.8. The molecule has 2 N–H and O–H groups in total. The highest BCUT2D eigenvalue weighted by Gasteiger charge is 2.23. The first-order valence-corrected chi connectivity index (χ1v) is 7.95. The fourth-order valence-corrected chi connectivity index (χ4v) is 3.48. The minimum atomic E-state index is -0.274. The molecule has 0 spiro atoms. The molecule has 0 radical (unpaired) electrons. The summed E-state index contributed by atoms with van der Waals surface area (Å²) >= 11 is 13.4. The van der Waals surface area contributed by atoms with Crippen molar-refractivity contribution in [1.29, 1.82) is 0 Å². The van der Waals surface area contributed by atoms with Crippen molar-refractivity contribution in [3.8, 4) is 11.3 Å². The van der Waals surface area contributed by atoms with Gasteiger partial charge in [-0.1, -0.05) is 70.9 Å². The minimum absolute atomic E-state index is 0.270. The van der Waals surface area contributed by atoms with Crippen LogP contribution in [0.2, 0.25) is 10.0 Å². The number of carbonyl (C=O) groups excluding carboxylic acids is 1. The van der Waals surface area contributed by atoms with Crippen molar-refractivity contribution in [2.45, 2.75) is 0 Å². The molecule has 1 heterocycles. The van der Waals surface area contributed by atoms with Crippen LogP contribution in [0, 0.1) is 0 Å². The van der Waals surface area contributed by atoms with Crippen LogP contribution in [-0.2, 0) is 0 Å². The van der Waals surface area contributed by atoms with Crippen molar-refractivity contribution in [1.82, 2.24) is 4.98 Å². The number of hydrogen-bond acceptors (Lipinski definition) is 4. The van der Waals surface area contributed by atoms with E-state index in [1.54, 1.807) is 18.2 Å². The molecule has 0 aliphatic rings. The normalized spacial score (nSPS) is 10.6. The molecular weight excluding hydrogens is 339 g/mol. The van der Waals surface area contributed by atoms with Gasteiger partial charge in [-0.25, -0.2) is 4.98 Å². The van der Waals surface area contributed by atoms with Crippen LogP contribution in [0.25, 0.3) is 11.3 Å². The van der Waals surface area contributed by atoms with Gasteiger partial charge in [0.15, 0.2) is 5.13 Å².